The summed E-state index contributed by atoms with van der Waals surface area (Å²) < 4.78 is 7.13. The minimum Gasteiger partial charge on any atom is -0.496 e. The minimum atomic E-state index is 0.688. The first-order valence-electron chi connectivity index (χ1n) is 4.35. The largest absolute Gasteiger partial charge is 0.496 e. The van der Waals surface area contributed by atoms with Gasteiger partial charge in [0.2, 0.25) is 0 Å². The van der Waals surface area contributed by atoms with Crippen LogP contribution in [0, 0.1) is 0 Å². The van der Waals surface area contributed by atoms with Gasteiger partial charge in [0.05, 0.1) is 12.6 Å². The van der Waals surface area contributed by atoms with Gasteiger partial charge in [-0.05, 0) is 18.2 Å². The number of carbonyl (C=O) groups is 1. The predicted molar refractivity (Wildman–Crippen MR) is 54.9 cm³/mol. The van der Waals surface area contributed by atoms with Crippen LogP contribution in [0.4, 0.5) is 0 Å². The zero-order chi connectivity index (χ0) is 10.1. The van der Waals surface area contributed by atoms with Crippen molar-refractivity contribution in [1.29, 1.82) is 0 Å². The predicted octanol–water partition coefficient (Wildman–Crippen LogP) is 2.00. The van der Waals surface area contributed by atoms with Crippen LogP contribution in [0.25, 0.3) is 10.9 Å². The number of carbonyl (C=O) groups excluding carboxylic acids is 1. The number of methoxy groups -OCH3 is 1. The molecule has 2 rings (SSSR count). The molecule has 14 heavy (non-hydrogen) atoms. The molecular formula is C11H11NO2. The highest BCUT2D eigenvalue weighted by Crippen LogP contribution is 2.28. The first-order chi connectivity index (χ1) is 6.77. The van der Waals surface area contributed by atoms with Crippen LogP contribution in [0.5, 0.6) is 5.75 Å². The van der Waals surface area contributed by atoms with Crippen LogP contribution in [-0.4, -0.2) is 18.0 Å². The number of rotatable bonds is 2. The first-order valence-corrected chi connectivity index (χ1v) is 4.35. The van der Waals surface area contributed by atoms with Gasteiger partial charge in [0.25, 0.3) is 0 Å². The molecule has 3 nitrogen and oxygen atoms in total. The van der Waals surface area contributed by atoms with E-state index in [1.165, 1.54) is 0 Å². The van der Waals surface area contributed by atoms with Crippen molar-refractivity contribution in [3.05, 3.63) is 30.0 Å². The van der Waals surface area contributed by atoms with Gasteiger partial charge >= 0.3 is 0 Å². The number of ether oxygens (including phenoxy) is 1. The molecule has 2 aromatic rings. The summed E-state index contributed by atoms with van der Waals surface area (Å²) >= 11 is 0. The van der Waals surface area contributed by atoms with Crippen LogP contribution >= 0.6 is 0 Å². The van der Waals surface area contributed by atoms with Crippen LogP contribution in [0.1, 0.15) is 10.4 Å². The standard InChI is InChI=1S/C11H11NO2/c1-12-6-5-9-10(14-2)4-3-8(7-13)11(9)12/h3-7H,1-2H3. The molecule has 0 bridgehead atoms. The maximum absolute atomic E-state index is 10.8. The van der Waals surface area contributed by atoms with Crippen molar-refractivity contribution in [3.63, 3.8) is 0 Å². The topological polar surface area (TPSA) is 31.2 Å². The van der Waals surface area contributed by atoms with Crippen molar-refractivity contribution in [2.45, 2.75) is 0 Å². The van der Waals surface area contributed by atoms with E-state index in [-0.39, 0.29) is 0 Å². The van der Waals surface area contributed by atoms with Gasteiger partial charge < -0.3 is 9.30 Å². The molecule has 0 aliphatic rings. The molecule has 1 aromatic carbocycles. The van der Waals surface area contributed by atoms with E-state index in [4.69, 9.17) is 4.74 Å². The lowest BCUT2D eigenvalue weighted by Gasteiger charge is -2.04. The summed E-state index contributed by atoms with van der Waals surface area (Å²) in [5, 5.41) is 0.972. The molecule has 3 heteroatoms. The number of aryl methyl sites for hydroxylation is 1. The number of benzene rings is 1. The molecule has 0 N–H and O–H groups in total. The summed E-state index contributed by atoms with van der Waals surface area (Å²) in [6, 6.07) is 5.53. The number of aldehydes is 1. The third-order valence-corrected chi connectivity index (χ3v) is 2.37. The van der Waals surface area contributed by atoms with Crippen LogP contribution in [0.3, 0.4) is 0 Å². The van der Waals surface area contributed by atoms with Crippen molar-refractivity contribution < 1.29 is 9.53 Å². The molecule has 0 fully saturated rings. The van der Waals surface area contributed by atoms with Crippen LogP contribution in [0.2, 0.25) is 0 Å². The van der Waals surface area contributed by atoms with Gasteiger partial charge in [-0.15, -0.1) is 0 Å². The van der Waals surface area contributed by atoms with Crippen molar-refractivity contribution in [2.24, 2.45) is 7.05 Å². The van der Waals surface area contributed by atoms with Gasteiger partial charge in [0, 0.05) is 24.2 Å². The normalized spacial score (nSPS) is 10.4. The van der Waals surface area contributed by atoms with Crippen molar-refractivity contribution in [2.75, 3.05) is 7.11 Å². The molecule has 0 spiro atoms. The Morgan fingerprint density at radius 2 is 2.14 bits per heavy atom. The molecule has 0 atom stereocenters. The fourth-order valence-electron chi connectivity index (χ4n) is 1.70. The molecule has 1 aromatic heterocycles. The number of hydrogen-bond donors (Lipinski definition) is 0. The van der Waals surface area contributed by atoms with Gasteiger partial charge in [-0.25, -0.2) is 0 Å². The van der Waals surface area contributed by atoms with E-state index in [1.807, 2.05) is 29.9 Å². The van der Waals surface area contributed by atoms with Gasteiger partial charge in [-0.2, -0.15) is 0 Å². The Morgan fingerprint density at radius 1 is 1.36 bits per heavy atom. The molecule has 72 valence electrons. The van der Waals surface area contributed by atoms with Crippen molar-refractivity contribution in [3.8, 4) is 5.75 Å². The zero-order valence-corrected chi connectivity index (χ0v) is 8.15. The first kappa shape index (κ1) is 8.81. The zero-order valence-electron chi connectivity index (χ0n) is 8.15. The molecule has 1 heterocycles. The fourth-order valence-corrected chi connectivity index (χ4v) is 1.70. The van der Waals surface area contributed by atoms with Crippen LogP contribution < -0.4 is 4.74 Å². The third kappa shape index (κ3) is 1.09. The summed E-state index contributed by atoms with van der Waals surface area (Å²) in [7, 11) is 3.54. The molecule has 0 saturated carbocycles. The van der Waals surface area contributed by atoms with Crippen molar-refractivity contribution >= 4 is 17.2 Å². The Bertz CT molecular complexity index is 485. The van der Waals surface area contributed by atoms with Crippen LogP contribution in [0.15, 0.2) is 24.4 Å². The smallest absolute Gasteiger partial charge is 0.152 e. The molecule has 0 saturated heterocycles. The third-order valence-electron chi connectivity index (χ3n) is 2.37. The number of aromatic nitrogens is 1. The molecule has 0 aliphatic heterocycles. The molecule has 0 amide bonds. The second-order valence-corrected chi connectivity index (χ2v) is 3.16. The maximum Gasteiger partial charge on any atom is 0.152 e. The number of hydrogen-bond acceptors (Lipinski definition) is 2. The second-order valence-electron chi connectivity index (χ2n) is 3.16. The summed E-state index contributed by atoms with van der Waals surface area (Å²) in [6.07, 6.45) is 2.78. The molecule has 0 radical (unpaired) electrons. The average molecular weight is 189 g/mol. The fraction of sp³-hybridized carbons (Fsp3) is 0.182. The maximum atomic E-state index is 10.8. The summed E-state index contributed by atoms with van der Waals surface area (Å²) in [5.74, 6) is 0.797. The quantitative estimate of drug-likeness (QED) is 0.676. The SMILES string of the molecule is COc1ccc(C=O)c2c1ccn2C. The van der Waals surface area contributed by atoms with Gasteiger partial charge in [0.15, 0.2) is 6.29 Å². The number of nitrogens with zero attached hydrogens (tertiary/aromatic N) is 1. The average Bonchev–Trinajstić information content (AvgIpc) is 2.60. The van der Waals surface area contributed by atoms with E-state index in [2.05, 4.69) is 0 Å². The molecule has 0 aliphatic carbocycles. The Kier molecular flexibility index (Phi) is 2.00. The second kappa shape index (κ2) is 3.18. The van der Waals surface area contributed by atoms with E-state index >= 15 is 0 Å². The summed E-state index contributed by atoms with van der Waals surface area (Å²) in [4.78, 5) is 10.8. The lowest BCUT2D eigenvalue weighted by atomic mass is 10.1. The van der Waals surface area contributed by atoms with E-state index < -0.39 is 0 Å². The lowest BCUT2D eigenvalue weighted by Crippen LogP contribution is -1.92. The Morgan fingerprint density at radius 3 is 2.79 bits per heavy atom. The highest BCUT2D eigenvalue weighted by Gasteiger charge is 2.08. The molecular weight excluding hydrogens is 178 g/mol. The van der Waals surface area contributed by atoms with Gasteiger partial charge in [-0.3, -0.25) is 4.79 Å². The highest BCUT2D eigenvalue weighted by atomic mass is 16.5. The molecule has 0 unspecified atom stereocenters. The summed E-state index contributed by atoms with van der Waals surface area (Å²) in [6.45, 7) is 0. The van der Waals surface area contributed by atoms with Gasteiger partial charge in [-0.1, -0.05) is 0 Å². The van der Waals surface area contributed by atoms with E-state index in [0.717, 1.165) is 22.9 Å². The lowest BCUT2D eigenvalue weighted by molar-refractivity contribution is 0.112. The Balaban J connectivity index is 2.87. The van der Waals surface area contributed by atoms with Gasteiger partial charge in [0.1, 0.15) is 5.75 Å². The van der Waals surface area contributed by atoms with Crippen LogP contribution in [-0.2, 0) is 7.05 Å². The monoisotopic (exact) mass is 189 g/mol. The Labute approximate surface area is 81.9 Å². The number of fused-ring (bicyclic) bond motifs is 1. The minimum absolute atomic E-state index is 0.688. The Hall–Kier alpha value is -1.77. The highest BCUT2D eigenvalue weighted by molar-refractivity contribution is 5.99. The van der Waals surface area contributed by atoms with E-state index in [1.54, 1.807) is 13.2 Å². The van der Waals surface area contributed by atoms with E-state index in [0.29, 0.717) is 5.56 Å². The van der Waals surface area contributed by atoms with E-state index in [9.17, 15) is 4.79 Å². The van der Waals surface area contributed by atoms with Crippen molar-refractivity contribution in [1.82, 2.24) is 4.57 Å². The summed E-state index contributed by atoms with van der Waals surface area (Å²) in [5.41, 5.74) is 1.60.